The van der Waals surface area contributed by atoms with Gasteiger partial charge in [-0.15, -0.1) is 0 Å². The first-order valence-electron chi connectivity index (χ1n) is 6.51. The highest BCUT2D eigenvalue weighted by molar-refractivity contribution is 6.33. The summed E-state index contributed by atoms with van der Waals surface area (Å²) in [4.78, 5) is 13.2. The molecule has 4 nitrogen and oxygen atoms in total. The highest BCUT2D eigenvalue weighted by atomic mass is 35.5. The molecule has 0 spiro atoms. The lowest BCUT2D eigenvalue weighted by atomic mass is 10.0. The lowest BCUT2D eigenvalue weighted by Gasteiger charge is -2.34. The van der Waals surface area contributed by atoms with Crippen LogP contribution in [0, 0.1) is 0 Å². The minimum atomic E-state index is 0.00457. The zero-order valence-electron chi connectivity index (χ0n) is 11.0. The average Bonchev–Trinajstić information content (AvgIpc) is 2.39. The Hall–Kier alpha value is -1.26. The van der Waals surface area contributed by atoms with Crippen molar-refractivity contribution in [1.82, 2.24) is 5.32 Å². The predicted molar refractivity (Wildman–Crippen MR) is 76.4 cm³/mol. The molecular formula is C14H19ClN2O2. The maximum absolute atomic E-state index is 11.0. The van der Waals surface area contributed by atoms with Gasteiger partial charge in [0.05, 0.1) is 17.3 Å². The number of halogens is 1. The fourth-order valence-electron chi connectivity index (χ4n) is 2.46. The van der Waals surface area contributed by atoms with E-state index in [1.165, 1.54) is 0 Å². The third kappa shape index (κ3) is 3.61. The van der Waals surface area contributed by atoms with Crippen LogP contribution in [0.5, 0.6) is 0 Å². The van der Waals surface area contributed by atoms with Gasteiger partial charge in [0.15, 0.2) is 0 Å². The molecule has 0 radical (unpaired) electrons. The summed E-state index contributed by atoms with van der Waals surface area (Å²) in [6.45, 7) is 3.31. The Balaban J connectivity index is 1.99. The molecule has 2 N–H and O–H groups in total. The molecule has 1 aliphatic heterocycles. The number of anilines is 1. The summed E-state index contributed by atoms with van der Waals surface area (Å²) < 4.78 is 0. The van der Waals surface area contributed by atoms with E-state index in [9.17, 15) is 4.79 Å². The number of nitrogens with one attached hydrogen (secondary N) is 1. The smallest absolute Gasteiger partial charge is 0.217 e. The number of hydrogen-bond donors (Lipinski definition) is 2. The molecule has 0 saturated carbocycles. The lowest BCUT2D eigenvalue weighted by molar-refractivity contribution is -0.119. The van der Waals surface area contributed by atoms with Gasteiger partial charge in [0.1, 0.15) is 0 Å². The van der Waals surface area contributed by atoms with Crippen molar-refractivity contribution in [2.24, 2.45) is 0 Å². The van der Waals surface area contributed by atoms with Crippen LogP contribution in [0.4, 0.5) is 5.69 Å². The number of aliphatic hydroxyl groups is 1. The second-order valence-corrected chi connectivity index (χ2v) is 5.31. The third-order valence-electron chi connectivity index (χ3n) is 3.44. The van der Waals surface area contributed by atoms with E-state index >= 15 is 0 Å². The molecule has 0 aromatic heterocycles. The van der Waals surface area contributed by atoms with E-state index in [1.807, 2.05) is 12.1 Å². The van der Waals surface area contributed by atoms with E-state index in [1.54, 1.807) is 13.0 Å². The molecule has 0 aliphatic carbocycles. The van der Waals surface area contributed by atoms with Gasteiger partial charge in [0.25, 0.3) is 0 Å². The van der Waals surface area contributed by atoms with Crippen LogP contribution in [0.1, 0.15) is 25.3 Å². The fourth-order valence-corrected chi connectivity index (χ4v) is 2.78. The van der Waals surface area contributed by atoms with Crippen molar-refractivity contribution in [1.29, 1.82) is 0 Å². The van der Waals surface area contributed by atoms with Crippen molar-refractivity contribution < 1.29 is 9.90 Å². The van der Waals surface area contributed by atoms with E-state index in [-0.39, 0.29) is 18.6 Å². The van der Waals surface area contributed by atoms with Crippen molar-refractivity contribution >= 4 is 23.2 Å². The molecule has 0 unspecified atom stereocenters. The Bertz CT molecular complexity index is 457. The van der Waals surface area contributed by atoms with Crippen molar-refractivity contribution in [2.45, 2.75) is 32.4 Å². The second-order valence-electron chi connectivity index (χ2n) is 4.91. The highest BCUT2D eigenvalue weighted by Gasteiger charge is 2.21. The number of amides is 1. The van der Waals surface area contributed by atoms with Crippen molar-refractivity contribution in [3.63, 3.8) is 0 Å². The van der Waals surface area contributed by atoms with Crippen molar-refractivity contribution in [3.8, 4) is 0 Å². The van der Waals surface area contributed by atoms with Gasteiger partial charge in [0, 0.05) is 26.1 Å². The van der Waals surface area contributed by atoms with Gasteiger partial charge >= 0.3 is 0 Å². The molecule has 5 heteroatoms. The van der Waals surface area contributed by atoms with Crippen LogP contribution in [0.2, 0.25) is 5.02 Å². The first-order chi connectivity index (χ1) is 9.10. The Labute approximate surface area is 118 Å². The summed E-state index contributed by atoms with van der Waals surface area (Å²) in [5, 5.41) is 12.7. The van der Waals surface area contributed by atoms with Gasteiger partial charge in [-0.2, -0.15) is 0 Å². The van der Waals surface area contributed by atoms with Gasteiger partial charge < -0.3 is 15.3 Å². The normalized spacial score (nSPS) is 16.5. The molecule has 1 saturated heterocycles. The summed E-state index contributed by atoms with van der Waals surface area (Å²) in [6.07, 6.45) is 1.86. The minimum absolute atomic E-state index is 0.00457. The number of aliphatic hydroxyl groups excluding tert-OH is 1. The largest absolute Gasteiger partial charge is 0.392 e. The van der Waals surface area contributed by atoms with Gasteiger partial charge in [-0.25, -0.2) is 0 Å². The molecular weight excluding hydrogens is 264 g/mol. The molecule has 0 atom stereocenters. The molecule has 1 amide bonds. The number of nitrogens with zero attached hydrogens (tertiary/aromatic N) is 1. The van der Waals surface area contributed by atoms with E-state index < -0.39 is 0 Å². The summed E-state index contributed by atoms with van der Waals surface area (Å²) in [5.41, 5.74) is 1.82. The van der Waals surface area contributed by atoms with Crippen LogP contribution in [-0.4, -0.2) is 30.1 Å². The molecule has 1 aliphatic rings. The van der Waals surface area contributed by atoms with Crippen LogP contribution in [0.3, 0.4) is 0 Å². The van der Waals surface area contributed by atoms with E-state index in [0.29, 0.717) is 5.02 Å². The number of carbonyl (C=O) groups is 1. The molecule has 1 aromatic carbocycles. The van der Waals surface area contributed by atoms with Crippen molar-refractivity contribution in [2.75, 3.05) is 18.0 Å². The first-order valence-corrected chi connectivity index (χ1v) is 6.89. The van der Waals surface area contributed by atoms with Crippen molar-refractivity contribution in [3.05, 3.63) is 28.8 Å². The maximum Gasteiger partial charge on any atom is 0.217 e. The molecule has 104 valence electrons. The standard InChI is InChI=1S/C14H19ClN2O2/c1-10(19)16-12-4-6-17(7-5-12)14-3-2-11(9-18)8-13(14)15/h2-3,8,12,18H,4-7,9H2,1H3,(H,16,19). The maximum atomic E-state index is 11.0. The fraction of sp³-hybridized carbons (Fsp3) is 0.500. The number of piperidine rings is 1. The summed E-state index contributed by atoms with van der Waals surface area (Å²) in [5.74, 6) is 0.0313. The van der Waals surface area contributed by atoms with Gasteiger partial charge in [-0.1, -0.05) is 17.7 Å². The van der Waals surface area contributed by atoms with Crippen LogP contribution in [0.15, 0.2) is 18.2 Å². The number of rotatable bonds is 3. The zero-order valence-corrected chi connectivity index (χ0v) is 11.8. The quantitative estimate of drug-likeness (QED) is 0.891. The summed E-state index contributed by atoms with van der Waals surface area (Å²) in [7, 11) is 0. The van der Waals surface area contributed by atoms with E-state index in [2.05, 4.69) is 10.2 Å². The first kappa shape index (κ1) is 14.2. The van der Waals surface area contributed by atoms with Crippen LogP contribution in [-0.2, 0) is 11.4 Å². The Kier molecular flexibility index (Phi) is 4.66. The van der Waals surface area contributed by atoms with Crippen LogP contribution >= 0.6 is 11.6 Å². The molecule has 0 bridgehead atoms. The Morgan fingerprint density at radius 1 is 1.47 bits per heavy atom. The molecule has 1 aromatic rings. The lowest BCUT2D eigenvalue weighted by Crippen LogP contribution is -2.44. The number of benzene rings is 1. The highest BCUT2D eigenvalue weighted by Crippen LogP contribution is 2.29. The van der Waals surface area contributed by atoms with E-state index in [4.69, 9.17) is 16.7 Å². The Morgan fingerprint density at radius 3 is 2.68 bits per heavy atom. The third-order valence-corrected chi connectivity index (χ3v) is 3.74. The van der Waals surface area contributed by atoms with Crippen LogP contribution < -0.4 is 10.2 Å². The molecule has 2 rings (SSSR count). The SMILES string of the molecule is CC(=O)NC1CCN(c2ccc(CO)cc2Cl)CC1. The number of hydrogen-bond acceptors (Lipinski definition) is 3. The minimum Gasteiger partial charge on any atom is -0.392 e. The molecule has 1 fully saturated rings. The molecule has 1 heterocycles. The van der Waals surface area contributed by atoms with Gasteiger partial charge in [-0.3, -0.25) is 4.79 Å². The number of carbonyl (C=O) groups excluding carboxylic acids is 1. The molecule has 19 heavy (non-hydrogen) atoms. The zero-order chi connectivity index (χ0) is 13.8. The summed E-state index contributed by atoms with van der Waals surface area (Å²) in [6, 6.07) is 5.91. The average molecular weight is 283 g/mol. The topological polar surface area (TPSA) is 52.6 Å². The monoisotopic (exact) mass is 282 g/mol. The van der Waals surface area contributed by atoms with E-state index in [0.717, 1.165) is 37.2 Å². The second kappa shape index (κ2) is 6.26. The Morgan fingerprint density at radius 2 is 2.16 bits per heavy atom. The predicted octanol–water partition coefficient (Wildman–Crippen LogP) is 1.94. The van der Waals surface area contributed by atoms with Gasteiger partial charge in [-0.05, 0) is 30.5 Å². The van der Waals surface area contributed by atoms with Crippen LogP contribution in [0.25, 0.3) is 0 Å². The summed E-state index contributed by atoms with van der Waals surface area (Å²) >= 11 is 6.24. The van der Waals surface area contributed by atoms with Gasteiger partial charge in [0.2, 0.25) is 5.91 Å².